The first-order valence-electron chi connectivity index (χ1n) is 6.14. The van der Waals surface area contributed by atoms with Crippen LogP contribution in [0.15, 0.2) is 0 Å². The normalized spacial score (nSPS) is 29.0. The lowest BCUT2D eigenvalue weighted by atomic mass is 10.00. The zero-order valence-electron chi connectivity index (χ0n) is 10.3. The average molecular weight is 231 g/mol. The van der Waals surface area contributed by atoms with E-state index in [2.05, 4.69) is 25.4 Å². The number of thioether (sulfide) groups is 1. The zero-order valence-corrected chi connectivity index (χ0v) is 11.1. The Morgan fingerprint density at radius 1 is 1.53 bits per heavy atom. The van der Waals surface area contributed by atoms with Crippen LogP contribution in [0.4, 0.5) is 0 Å². The molecule has 0 aromatic carbocycles. The molecule has 1 fully saturated rings. The van der Waals surface area contributed by atoms with Crippen LogP contribution in [0.25, 0.3) is 0 Å². The van der Waals surface area contributed by atoms with Gasteiger partial charge in [-0.3, -0.25) is 0 Å². The van der Waals surface area contributed by atoms with E-state index in [-0.39, 0.29) is 0 Å². The first-order valence-corrected chi connectivity index (χ1v) is 7.42. The fraction of sp³-hybridized carbons (Fsp3) is 1.00. The molecule has 0 aliphatic carbocycles. The fourth-order valence-corrected chi connectivity index (χ4v) is 2.27. The Hall–Kier alpha value is 0.270. The van der Waals surface area contributed by atoms with Crippen LogP contribution in [0, 0.1) is 0 Å². The summed E-state index contributed by atoms with van der Waals surface area (Å²) in [4.78, 5) is 0. The second-order valence-electron chi connectivity index (χ2n) is 4.46. The molecule has 3 atom stereocenters. The monoisotopic (exact) mass is 231 g/mol. The maximum absolute atomic E-state index is 5.74. The SMILES string of the molecule is CCCC1CC(NCC(C)SC)CCO1. The molecule has 0 bridgehead atoms. The van der Waals surface area contributed by atoms with Gasteiger partial charge >= 0.3 is 0 Å². The second-order valence-corrected chi connectivity index (χ2v) is 5.73. The summed E-state index contributed by atoms with van der Waals surface area (Å²) >= 11 is 1.93. The summed E-state index contributed by atoms with van der Waals surface area (Å²) in [6.45, 7) is 6.58. The van der Waals surface area contributed by atoms with Crippen LogP contribution in [0.5, 0.6) is 0 Å². The van der Waals surface area contributed by atoms with E-state index in [0.29, 0.717) is 12.1 Å². The van der Waals surface area contributed by atoms with E-state index in [0.717, 1.165) is 18.4 Å². The minimum absolute atomic E-state index is 0.505. The van der Waals surface area contributed by atoms with E-state index < -0.39 is 0 Å². The predicted octanol–water partition coefficient (Wildman–Crippen LogP) is 2.68. The van der Waals surface area contributed by atoms with Crippen LogP contribution in [0.3, 0.4) is 0 Å². The molecule has 0 amide bonds. The van der Waals surface area contributed by atoms with Crippen molar-refractivity contribution < 1.29 is 4.74 Å². The highest BCUT2D eigenvalue weighted by Gasteiger charge is 2.21. The van der Waals surface area contributed by atoms with Crippen molar-refractivity contribution in [1.29, 1.82) is 0 Å². The van der Waals surface area contributed by atoms with Crippen molar-refractivity contribution in [1.82, 2.24) is 5.32 Å². The maximum Gasteiger partial charge on any atom is 0.0589 e. The summed E-state index contributed by atoms with van der Waals surface area (Å²) in [5.74, 6) is 0. The summed E-state index contributed by atoms with van der Waals surface area (Å²) in [6.07, 6.45) is 7.52. The van der Waals surface area contributed by atoms with E-state index in [1.54, 1.807) is 0 Å². The Labute approximate surface area is 98.5 Å². The van der Waals surface area contributed by atoms with Gasteiger partial charge in [-0.15, -0.1) is 0 Å². The fourth-order valence-electron chi connectivity index (χ4n) is 2.00. The molecule has 1 rings (SSSR count). The van der Waals surface area contributed by atoms with E-state index in [1.807, 2.05) is 11.8 Å². The lowest BCUT2D eigenvalue weighted by molar-refractivity contribution is -0.00298. The molecule has 0 spiro atoms. The molecular weight excluding hydrogens is 206 g/mol. The molecule has 0 aromatic heterocycles. The van der Waals surface area contributed by atoms with Crippen LogP contribution in [-0.4, -0.2) is 36.8 Å². The highest BCUT2D eigenvalue weighted by atomic mass is 32.2. The lowest BCUT2D eigenvalue weighted by Crippen LogP contribution is -2.41. The molecule has 15 heavy (non-hydrogen) atoms. The van der Waals surface area contributed by atoms with E-state index in [1.165, 1.54) is 25.7 Å². The Bertz CT molecular complexity index is 164. The summed E-state index contributed by atoms with van der Waals surface area (Å²) in [5, 5.41) is 4.38. The number of rotatable bonds is 6. The van der Waals surface area contributed by atoms with Gasteiger partial charge in [-0.2, -0.15) is 11.8 Å². The first kappa shape index (κ1) is 13.3. The van der Waals surface area contributed by atoms with Gasteiger partial charge in [-0.05, 0) is 25.5 Å². The average Bonchev–Trinajstić information content (AvgIpc) is 2.27. The van der Waals surface area contributed by atoms with Crippen molar-refractivity contribution in [3.05, 3.63) is 0 Å². The highest BCUT2D eigenvalue weighted by Crippen LogP contribution is 2.18. The van der Waals surface area contributed by atoms with Crippen molar-refractivity contribution in [2.75, 3.05) is 19.4 Å². The molecule has 1 aliphatic heterocycles. The van der Waals surface area contributed by atoms with Gasteiger partial charge in [0, 0.05) is 24.4 Å². The van der Waals surface area contributed by atoms with E-state index in [9.17, 15) is 0 Å². The molecule has 0 aromatic rings. The molecule has 0 saturated carbocycles. The van der Waals surface area contributed by atoms with Crippen molar-refractivity contribution in [3.8, 4) is 0 Å². The largest absolute Gasteiger partial charge is 0.378 e. The van der Waals surface area contributed by atoms with Crippen LogP contribution in [-0.2, 0) is 4.74 Å². The number of nitrogens with one attached hydrogen (secondary N) is 1. The molecule has 2 nitrogen and oxygen atoms in total. The smallest absolute Gasteiger partial charge is 0.0589 e. The summed E-state index contributed by atoms with van der Waals surface area (Å²) < 4.78 is 5.74. The Morgan fingerprint density at radius 2 is 2.33 bits per heavy atom. The molecular formula is C12H25NOS. The standard InChI is InChI=1S/C12H25NOS/c1-4-5-12-8-11(6-7-14-12)13-9-10(2)15-3/h10-13H,4-9H2,1-3H3. The molecule has 3 unspecified atom stereocenters. The van der Waals surface area contributed by atoms with Crippen molar-refractivity contribution >= 4 is 11.8 Å². The first-order chi connectivity index (χ1) is 7.26. The Morgan fingerprint density at radius 3 is 3.00 bits per heavy atom. The third-order valence-electron chi connectivity index (χ3n) is 3.07. The van der Waals surface area contributed by atoms with Gasteiger partial charge in [0.05, 0.1) is 6.10 Å². The quantitative estimate of drug-likeness (QED) is 0.759. The van der Waals surface area contributed by atoms with Gasteiger partial charge in [-0.25, -0.2) is 0 Å². The maximum atomic E-state index is 5.74. The van der Waals surface area contributed by atoms with Gasteiger partial charge in [0.2, 0.25) is 0 Å². The number of hydrogen-bond donors (Lipinski definition) is 1. The van der Waals surface area contributed by atoms with E-state index in [4.69, 9.17) is 4.74 Å². The Kier molecular flexibility index (Phi) is 6.69. The van der Waals surface area contributed by atoms with Crippen LogP contribution < -0.4 is 5.32 Å². The molecule has 3 heteroatoms. The molecule has 1 saturated heterocycles. The number of hydrogen-bond acceptors (Lipinski definition) is 3. The number of ether oxygens (including phenoxy) is 1. The van der Waals surface area contributed by atoms with Crippen molar-refractivity contribution in [2.24, 2.45) is 0 Å². The van der Waals surface area contributed by atoms with Gasteiger partial charge in [-0.1, -0.05) is 20.3 Å². The molecule has 1 heterocycles. The minimum atomic E-state index is 0.505. The van der Waals surface area contributed by atoms with Crippen LogP contribution in [0.1, 0.15) is 39.5 Å². The molecule has 0 radical (unpaired) electrons. The van der Waals surface area contributed by atoms with Crippen LogP contribution >= 0.6 is 11.8 Å². The Balaban J connectivity index is 2.18. The van der Waals surface area contributed by atoms with Crippen molar-refractivity contribution in [2.45, 2.75) is 56.9 Å². The zero-order chi connectivity index (χ0) is 11.1. The van der Waals surface area contributed by atoms with Crippen LogP contribution in [0.2, 0.25) is 0 Å². The lowest BCUT2D eigenvalue weighted by Gasteiger charge is -2.30. The predicted molar refractivity (Wildman–Crippen MR) is 68.6 cm³/mol. The third kappa shape index (κ3) is 5.23. The van der Waals surface area contributed by atoms with Gasteiger partial charge in [0.1, 0.15) is 0 Å². The summed E-state index contributed by atoms with van der Waals surface area (Å²) in [6, 6.07) is 0.685. The van der Waals surface area contributed by atoms with Gasteiger partial charge in [0.25, 0.3) is 0 Å². The molecule has 90 valence electrons. The second kappa shape index (κ2) is 7.53. The third-order valence-corrected chi connectivity index (χ3v) is 4.05. The topological polar surface area (TPSA) is 21.3 Å². The highest BCUT2D eigenvalue weighted by molar-refractivity contribution is 7.99. The summed E-state index contributed by atoms with van der Waals surface area (Å²) in [5.41, 5.74) is 0. The molecule has 1 N–H and O–H groups in total. The van der Waals surface area contributed by atoms with Gasteiger partial charge < -0.3 is 10.1 Å². The summed E-state index contributed by atoms with van der Waals surface area (Å²) in [7, 11) is 0. The minimum Gasteiger partial charge on any atom is -0.378 e. The molecule has 1 aliphatic rings. The van der Waals surface area contributed by atoms with Crippen molar-refractivity contribution in [3.63, 3.8) is 0 Å². The van der Waals surface area contributed by atoms with E-state index >= 15 is 0 Å². The van der Waals surface area contributed by atoms with Gasteiger partial charge in [0.15, 0.2) is 0 Å².